The Labute approximate surface area is 165 Å². The summed E-state index contributed by atoms with van der Waals surface area (Å²) in [7, 11) is 0. The highest BCUT2D eigenvalue weighted by atomic mass is 16.2. The van der Waals surface area contributed by atoms with Crippen molar-refractivity contribution in [2.24, 2.45) is 5.10 Å². The molecule has 0 fully saturated rings. The van der Waals surface area contributed by atoms with Gasteiger partial charge in [-0.1, -0.05) is 24.3 Å². The van der Waals surface area contributed by atoms with E-state index in [2.05, 4.69) is 15.5 Å². The quantitative estimate of drug-likeness (QED) is 0.411. The summed E-state index contributed by atoms with van der Waals surface area (Å²) in [6.07, 6.45) is 3.30. The van der Waals surface area contributed by atoms with Crippen LogP contribution in [0.25, 0.3) is 10.8 Å². The molecule has 0 spiro atoms. The number of anilines is 1. The molecule has 0 atom stereocenters. The lowest BCUT2D eigenvalue weighted by Crippen LogP contribution is -2.37. The number of carbonyl (C=O) groups is 3. The number of nitrogens with zero attached hydrogens (tertiary/aromatic N) is 4. The number of aromatic nitrogens is 1. The third-order valence-electron chi connectivity index (χ3n) is 4.52. The third kappa shape index (κ3) is 3.21. The SMILES string of the molecule is N#C/C(=N\Nc1cccc2cnccc12)C(=O)CN1C(=O)c2ccccc2C1=O. The Hall–Kier alpha value is -4.38. The van der Waals surface area contributed by atoms with Gasteiger partial charge in [0.25, 0.3) is 11.8 Å². The van der Waals surface area contributed by atoms with Crippen molar-refractivity contribution < 1.29 is 14.4 Å². The van der Waals surface area contributed by atoms with E-state index in [4.69, 9.17) is 0 Å². The minimum absolute atomic E-state index is 0.239. The van der Waals surface area contributed by atoms with Gasteiger partial charge in [-0.05, 0) is 24.3 Å². The van der Waals surface area contributed by atoms with Crippen LogP contribution in [0.4, 0.5) is 5.69 Å². The first-order chi connectivity index (χ1) is 14.1. The number of amides is 2. The van der Waals surface area contributed by atoms with E-state index in [9.17, 15) is 19.6 Å². The average Bonchev–Trinajstić information content (AvgIpc) is 2.99. The summed E-state index contributed by atoms with van der Waals surface area (Å²) in [6, 6.07) is 15.2. The first kappa shape index (κ1) is 18.0. The summed E-state index contributed by atoms with van der Waals surface area (Å²) in [5.74, 6) is -1.87. The van der Waals surface area contributed by atoms with Gasteiger partial charge in [0.2, 0.25) is 11.5 Å². The molecule has 0 radical (unpaired) electrons. The maximum atomic E-state index is 12.5. The summed E-state index contributed by atoms with van der Waals surface area (Å²) >= 11 is 0. The van der Waals surface area contributed by atoms with Gasteiger partial charge in [0.05, 0.1) is 23.4 Å². The van der Waals surface area contributed by atoms with E-state index in [1.165, 1.54) is 12.1 Å². The maximum Gasteiger partial charge on any atom is 0.261 e. The van der Waals surface area contributed by atoms with Crippen LogP contribution in [0.3, 0.4) is 0 Å². The van der Waals surface area contributed by atoms with Crippen molar-refractivity contribution in [3.05, 3.63) is 72.1 Å². The molecular weight excluding hydrogens is 370 g/mol. The molecule has 1 aromatic heterocycles. The fourth-order valence-corrected chi connectivity index (χ4v) is 3.09. The number of benzene rings is 2. The Morgan fingerprint density at radius 1 is 1.07 bits per heavy atom. The monoisotopic (exact) mass is 383 g/mol. The number of nitrogens with one attached hydrogen (secondary N) is 1. The zero-order valence-electron chi connectivity index (χ0n) is 15.0. The van der Waals surface area contributed by atoms with E-state index in [1.807, 2.05) is 6.07 Å². The average molecular weight is 383 g/mol. The highest BCUT2D eigenvalue weighted by Gasteiger charge is 2.36. The molecule has 2 heterocycles. The van der Waals surface area contributed by atoms with Crippen molar-refractivity contribution in [1.82, 2.24) is 9.88 Å². The summed E-state index contributed by atoms with van der Waals surface area (Å²) in [6.45, 7) is -0.556. The van der Waals surface area contributed by atoms with E-state index >= 15 is 0 Å². The molecule has 1 aliphatic rings. The van der Waals surface area contributed by atoms with Crippen LogP contribution in [0.15, 0.2) is 66.0 Å². The Morgan fingerprint density at radius 2 is 1.79 bits per heavy atom. The van der Waals surface area contributed by atoms with Crippen molar-refractivity contribution in [3.8, 4) is 6.07 Å². The Kier molecular flexibility index (Phi) is 4.55. The van der Waals surface area contributed by atoms with Crippen LogP contribution in [0.2, 0.25) is 0 Å². The van der Waals surface area contributed by atoms with Gasteiger partial charge in [-0.25, -0.2) is 0 Å². The molecule has 0 aliphatic carbocycles. The molecule has 1 aliphatic heterocycles. The highest BCUT2D eigenvalue weighted by Crippen LogP contribution is 2.23. The molecule has 0 unspecified atom stereocenters. The number of carbonyl (C=O) groups excluding carboxylic acids is 3. The van der Waals surface area contributed by atoms with Crippen molar-refractivity contribution in [3.63, 3.8) is 0 Å². The fraction of sp³-hybridized carbons (Fsp3) is 0.0476. The maximum absolute atomic E-state index is 12.5. The number of Topliss-reactive ketones (excluding diaryl/α,β-unsaturated/α-hetero) is 1. The van der Waals surface area contributed by atoms with E-state index in [-0.39, 0.29) is 11.1 Å². The predicted octanol–water partition coefficient (Wildman–Crippen LogP) is 2.39. The molecule has 2 amide bonds. The Morgan fingerprint density at radius 3 is 2.48 bits per heavy atom. The molecule has 1 N–H and O–H groups in total. The molecule has 140 valence electrons. The zero-order valence-corrected chi connectivity index (χ0v) is 15.0. The summed E-state index contributed by atoms with van der Waals surface area (Å²) in [5, 5.41) is 14.9. The van der Waals surface area contributed by atoms with Crippen LogP contribution >= 0.6 is 0 Å². The normalized spacial score (nSPS) is 13.3. The molecule has 8 nitrogen and oxygen atoms in total. The number of ketones is 1. The van der Waals surface area contributed by atoms with Gasteiger partial charge in [0.15, 0.2) is 0 Å². The Balaban J connectivity index is 1.54. The molecule has 8 heteroatoms. The second-order valence-electron chi connectivity index (χ2n) is 6.25. The van der Waals surface area contributed by atoms with Crippen molar-refractivity contribution in [1.29, 1.82) is 5.26 Å². The number of hydrazone groups is 1. The van der Waals surface area contributed by atoms with Crippen LogP contribution in [-0.2, 0) is 4.79 Å². The lowest BCUT2D eigenvalue weighted by atomic mass is 10.1. The second kappa shape index (κ2) is 7.32. The molecule has 0 saturated heterocycles. The van der Waals surface area contributed by atoms with Crippen LogP contribution in [0, 0.1) is 11.3 Å². The van der Waals surface area contributed by atoms with Gasteiger partial charge in [0, 0.05) is 23.2 Å². The molecule has 0 saturated carbocycles. The smallest absolute Gasteiger partial charge is 0.261 e. The topological polar surface area (TPSA) is 116 Å². The van der Waals surface area contributed by atoms with Gasteiger partial charge in [-0.2, -0.15) is 10.4 Å². The van der Waals surface area contributed by atoms with Gasteiger partial charge < -0.3 is 0 Å². The summed E-state index contributed by atoms with van der Waals surface area (Å²) in [5.41, 5.74) is 3.34. The predicted molar refractivity (Wildman–Crippen MR) is 105 cm³/mol. The van der Waals surface area contributed by atoms with E-state index in [1.54, 1.807) is 48.8 Å². The van der Waals surface area contributed by atoms with Gasteiger partial charge >= 0.3 is 0 Å². The second-order valence-corrected chi connectivity index (χ2v) is 6.25. The van der Waals surface area contributed by atoms with Crippen LogP contribution in [-0.4, -0.2) is 39.7 Å². The van der Waals surface area contributed by atoms with Crippen LogP contribution in [0.1, 0.15) is 20.7 Å². The number of hydrogen-bond donors (Lipinski definition) is 1. The number of rotatable bonds is 5. The van der Waals surface area contributed by atoms with Crippen LogP contribution in [0.5, 0.6) is 0 Å². The molecule has 29 heavy (non-hydrogen) atoms. The summed E-state index contributed by atoms with van der Waals surface area (Å²) < 4.78 is 0. The summed E-state index contributed by atoms with van der Waals surface area (Å²) in [4.78, 5) is 42.1. The van der Waals surface area contributed by atoms with E-state index < -0.39 is 29.9 Å². The standard InChI is InChI=1S/C21H13N5O3/c22-10-18(25-24-17-7-3-4-13-11-23-9-8-14(13)17)19(27)12-26-20(28)15-5-1-2-6-16(15)21(26)29/h1-9,11,24H,12H2/b25-18+. The van der Waals surface area contributed by atoms with Crippen molar-refractivity contribution >= 4 is 39.8 Å². The van der Waals surface area contributed by atoms with Gasteiger partial charge in [-0.15, -0.1) is 0 Å². The number of imide groups is 1. The lowest BCUT2D eigenvalue weighted by Gasteiger charge is -2.12. The molecule has 0 bridgehead atoms. The largest absolute Gasteiger partial charge is 0.289 e. The molecular formula is C21H13N5O3. The molecule has 3 aromatic rings. The fourth-order valence-electron chi connectivity index (χ4n) is 3.09. The molecule has 4 rings (SSSR count). The first-order valence-electron chi connectivity index (χ1n) is 8.65. The first-order valence-corrected chi connectivity index (χ1v) is 8.65. The van der Waals surface area contributed by atoms with E-state index in [0.717, 1.165) is 15.7 Å². The lowest BCUT2D eigenvalue weighted by molar-refractivity contribution is -0.113. The number of hydrogen-bond acceptors (Lipinski definition) is 7. The van der Waals surface area contributed by atoms with Crippen LogP contribution < -0.4 is 5.43 Å². The molecule has 2 aromatic carbocycles. The Bertz CT molecular complexity index is 1200. The minimum Gasteiger partial charge on any atom is -0.289 e. The van der Waals surface area contributed by atoms with Gasteiger partial charge in [-0.3, -0.25) is 29.7 Å². The minimum atomic E-state index is -0.739. The zero-order chi connectivity index (χ0) is 20.4. The van der Waals surface area contributed by atoms with E-state index in [0.29, 0.717) is 5.69 Å². The highest BCUT2D eigenvalue weighted by molar-refractivity contribution is 6.47. The van der Waals surface area contributed by atoms with Gasteiger partial charge in [0.1, 0.15) is 6.07 Å². The number of nitriles is 1. The number of fused-ring (bicyclic) bond motifs is 2. The van der Waals surface area contributed by atoms with Crippen molar-refractivity contribution in [2.45, 2.75) is 0 Å². The van der Waals surface area contributed by atoms with Crippen molar-refractivity contribution in [2.75, 3.05) is 12.0 Å². The number of pyridine rings is 1. The third-order valence-corrected chi connectivity index (χ3v) is 4.52.